The molecule has 0 N–H and O–H groups in total. The van der Waals surface area contributed by atoms with Gasteiger partial charge in [-0.3, -0.25) is 0 Å². The molecule has 0 aromatic heterocycles. The molecule has 1 saturated carbocycles. The Bertz CT molecular complexity index is 841. The molecule has 1 aliphatic carbocycles. The summed E-state index contributed by atoms with van der Waals surface area (Å²) in [4.78, 5) is 0. The van der Waals surface area contributed by atoms with Crippen LogP contribution in [0.2, 0.25) is 0 Å². The van der Waals surface area contributed by atoms with Gasteiger partial charge in [0, 0.05) is 5.56 Å². The van der Waals surface area contributed by atoms with E-state index < -0.39 is 11.6 Å². The maximum absolute atomic E-state index is 14.5. The Labute approximate surface area is 185 Å². The van der Waals surface area contributed by atoms with Crippen molar-refractivity contribution < 1.29 is 17.9 Å². The molecular weight excluding hydrogens is 397 g/mol. The van der Waals surface area contributed by atoms with Crippen LogP contribution in [-0.4, -0.2) is 6.10 Å². The van der Waals surface area contributed by atoms with E-state index in [1.54, 1.807) is 18.2 Å². The third kappa shape index (κ3) is 6.35. The van der Waals surface area contributed by atoms with Crippen LogP contribution in [0.4, 0.5) is 13.2 Å². The Morgan fingerprint density at radius 3 is 2.13 bits per heavy atom. The second-order valence-electron chi connectivity index (χ2n) is 8.85. The first-order valence-electron chi connectivity index (χ1n) is 11.9. The molecule has 1 nitrogen and oxygen atoms in total. The molecule has 1 fully saturated rings. The first kappa shape index (κ1) is 23.8. The van der Waals surface area contributed by atoms with Crippen LogP contribution >= 0.6 is 0 Å². The van der Waals surface area contributed by atoms with Crippen LogP contribution in [0.5, 0.6) is 0 Å². The highest BCUT2D eigenvalue weighted by atomic mass is 19.2. The fraction of sp³-hybridized carbons (Fsp3) is 0.556. The van der Waals surface area contributed by atoms with E-state index >= 15 is 0 Å². The number of ether oxygens (including phenoxy) is 1. The first-order valence-corrected chi connectivity index (χ1v) is 11.9. The molecule has 2 aromatic rings. The summed E-state index contributed by atoms with van der Waals surface area (Å²) in [5, 5.41) is 0. The molecule has 0 amide bonds. The van der Waals surface area contributed by atoms with E-state index in [0.29, 0.717) is 17.9 Å². The molecule has 0 heterocycles. The molecule has 4 heteroatoms. The van der Waals surface area contributed by atoms with Crippen molar-refractivity contribution in [3.63, 3.8) is 0 Å². The van der Waals surface area contributed by atoms with Crippen molar-refractivity contribution in [3.05, 3.63) is 70.0 Å². The lowest BCUT2D eigenvalue weighted by Crippen LogP contribution is -2.21. The molecule has 0 spiro atoms. The van der Waals surface area contributed by atoms with Gasteiger partial charge >= 0.3 is 0 Å². The number of hydrogen-bond donors (Lipinski definition) is 0. The molecule has 0 unspecified atom stereocenters. The van der Waals surface area contributed by atoms with E-state index in [2.05, 4.69) is 13.0 Å². The minimum atomic E-state index is -0.783. The van der Waals surface area contributed by atoms with Crippen LogP contribution in [0.3, 0.4) is 0 Å². The Balaban J connectivity index is 1.50. The molecule has 0 aliphatic heterocycles. The zero-order chi connectivity index (χ0) is 22.2. The zero-order valence-electron chi connectivity index (χ0n) is 18.9. The van der Waals surface area contributed by atoms with E-state index in [1.807, 2.05) is 13.0 Å². The summed E-state index contributed by atoms with van der Waals surface area (Å²) in [5.41, 5.74) is 2.58. The van der Waals surface area contributed by atoms with E-state index in [-0.39, 0.29) is 24.1 Å². The van der Waals surface area contributed by atoms with Gasteiger partial charge in [0.25, 0.3) is 0 Å². The highest BCUT2D eigenvalue weighted by Crippen LogP contribution is 2.35. The van der Waals surface area contributed by atoms with Gasteiger partial charge in [-0.05, 0) is 73.6 Å². The average Bonchev–Trinajstić information content (AvgIpc) is 2.78. The predicted molar refractivity (Wildman–Crippen MR) is 120 cm³/mol. The van der Waals surface area contributed by atoms with Crippen LogP contribution in [0, 0.1) is 17.5 Å². The number of halogens is 3. The van der Waals surface area contributed by atoms with Gasteiger partial charge in [0.2, 0.25) is 0 Å². The smallest absolute Gasteiger partial charge is 0.164 e. The van der Waals surface area contributed by atoms with Crippen LogP contribution < -0.4 is 0 Å². The molecular formula is C27H35F3O. The molecule has 0 atom stereocenters. The van der Waals surface area contributed by atoms with E-state index in [4.69, 9.17) is 4.74 Å². The van der Waals surface area contributed by atoms with Gasteiger partial charge in [-0.2, -0.15) is 0 Å². The minimum Gasteiger partial charge on any atom is -0.373 e. The quantitative estimate of drug-likeness (QED) is 0.345. The summed E-state index contributed by atoms with van der Waals surface area (Å²) in [7, 11) is 0. The van der Waals surface area contributed by atoms with Crippen molar-refractivity contribution in [1.29, 1.82) is 0 Å². The lowest BCUT2D eigenvalue weighted by molar-refractivity contribution is 0.0118. The summed E-state index contributed by atoms with van der Waals surface area (Å²) < 4.78 is 48.8. The van der Waals surface area contributed by atoms with Crippen molar-refractivity contribution in [2.75, 3.05) is 0 Å². The Morgan fingerprint density at radius 1 is 0.774 bits per heavy atom. The minimum absolute atomic E-state index is 0.0344. The van der Waals surface area contributed by atoms with E-state index in [9.17, 15) is 13.2 Å². The van der Waals surface area contributed by atoms with Crippen LogP contribution in [0.15, 0.2) is 30.3 Å². The molecule has 31 heavy (non-hydrogen) atoms. The number of aryl methyl sites for hydroxylation is 2. The van der Waals surface area contributed by atoms with E-state index in [1.165, 1.54) is 0 Å². The second kappa shape index (κ2) is 11.7. The lowest BCUT2D eigenvalue weighted by atomic mass is 9.82. The Morgan fingerprint density at radius 2 is 1.45 bits per heavy atom. The molecule has 0 radical (unpaired) electrons. The SMILES string of the molecule is CCCCCc1ccc(C2CCC(OCc3ccc(CCC)c(F)c3F)CC2)cc1F. The van der Waals surface area contributed by atoms with E-state index in [0.717, 1.165) is 68.9 Å². The van der Waals surface area contributed by atoms with Gasteiger partial charge in [0.05, 0.1) is 12.7 Å². The summed E-state index contributed by atoms with van der Waals surface area (Å²) in [6.45, 7) is 4.18. The molecule has 1 aliphatic rings. The second-order valence-corrected chi connectivity index (χ2v) is 8.85. The molecule has 170 valence electrons. The highest BCUT2D eigenvalue weighted by molar-refractivity contribution is 5.28. The van der Waals surface area contributed by atoms with Crippen molar-refractivity contribution in [1.82, 2.24) is 0 Å². The van der Waals surface area contributed by atoms with Crippen LogP contribution in [0.1, 0.15) is 93.4 Å². The number of unbranched alkanes of at least 4 members (excludes halogenated alkanes) is 2. The van der Waals surface area contributed by atoms with Gasteiger partial charge in [0.1, 0.15) is 5.82 Å². The van der Waals surface area contributed by atoms with Crippen LogP contribution in [-0.2, 0) is 24.2 Å². The topological polar surface area (TPSA) is 9.23 Å². The van der Waals surface area contributed by atoms with Gasteiger partial charge in [-0.15, -0.1) is 0 Å². The standard InChI is InChI=1S/C27H35F3O/c1-3-5-6-8-20-9-11-22(17-25(20)28)19-13-15-24(16-14-19)31-18-23-12-10-21(7-4-2)26(29)27(23)30/h9-12,17,19,24H,3-8,13-16,18H2,1-2H3. The molecule has 0 bridgehead atoms. The number of benzene rings is 2. The molecule has 3 rings (SSSR count). The molecule has 2 aromatic carbocycles. The first-order chi connectivity index (χ1) is 15.0. The summed E-state index contributed by atoms with van der Waals surface area (Å²) in [6.07, 6.45) is 8.99. The summed E-state index contributed by atoms with van der Waals surface area (Å²) >= 11 is 0. The molecule has 0 saturated heterocycles. The maximum Gasteiger partial charge on any atom is 0.164 e. The van der Waals surface area contributed by atoms with Crippen LogP contribution in [0.25, 0.3) is 0 Å². The fourth-order valence-electron chi connectivity index (χ4n) is 4.56. The lowest BCUT2D eigenvalue weighted by Gasteiger charge is -2.29. The third-order valence-electron chi connectivity index (χ3n) is 6.51. The fourth-order valence-corrected chi connectivity index (χ4v) is 4.56. The Hall–Kier alpha value is -1.81. The summed E-state index contributed by atoms with van der Waals surface area (Å²) in [5.74, 6) is -1.28. The normalized spacial score (nSPS) is 19.0. The average molecular weight is 433 g/mol. The maximum atomic E-state index is 14.5. The van der Waals surface area contributed by atoms with Crippen molar-refractivity contribution in [2.24, 2.45) is 0 Å². The van der Waals surface area contributed by atoms with Gasteiger partial charge in [-0.1, -0.05) is 57.4 Å². The predicted octanol–water partition coefficient (Wildman–Crippen LogP) is 8.03. The van der Waals surface area contributed by atoms with Crippen molar-refractivity contribution in [2.45, 2.75) is 96.7 Å². The summed E-state index contributed by atoms with van der Waals surface area (Å²) in [6, 6.07) is 9.04. The monoisotopic (exact) mass is 432 g/mol. The number of rotatable bonds is 10. The third-order valence-corrected chi connectivity index (χ3v) is 6.51. The Kier molecular flexibility index (Phi) is 9.01. The van der Waals surface area contributed by atoms with Gasteiger partial charge < -0.3 is 4.74 Å². The van der Waals surface area contributed by atoms with Gasteiger partial charge in [0.15, 0.2) is 11.6 Å². The highest BCUT2D eigenvalue weighted by Gasteiger charge is 2.24. The largest absolute Gasteiger partial charge is 0.373 e. The van der Waals surface area contributed by atoms with Crippen molar-refractivity contribution >= 4 is 0 Å². The van der Waals surface area contributed by atoms with Crippen molar-refractivity contribution in [3.8, 4) is 0 Å². The number of hydrogen-bond acceptors (Lipinski definition) is 1. The van der Waals surface area contributed by atoms with Gasteiger partial charge in [-0.25, -0.2) is 13.2 Å². The zero-order valence-corrected chi connectivity index (χ0v) is 18.9.